The van der Waals surface area contributed by atoms with Crippen LogP contribution in [0.25, 0.3) is 33.3 Å². The first kappa shape index (κ1) is 23.5. The van der Waals surface area contributed by atoms with Gasteiger partial charge < -0.3 is 15.0 Å². The molecule has 0 spiro atoms. The van der Waals surface area contributed by atoms with Crippen LogP contribution < -0.4 is 0 Å². The highest BCUT2D eigenvalue weighted by Gasteiger charge is 2.39. The third kappa shape index (κ3) is 3.82. The fourth-order valence-corrected chi connectivity index (χ4v) is 5.61. The van der Waals surface area contributed by atoms with Crippen LogP contribution in [0.5, 0.6) is 0 Å². The van der Waals surface area contributed by atoms with E-state index in [1.165, 1.54) is 12.8 Å². The Kier molecular flexibility index (Phi) is 5.26. The van der Waals surface area contributed by atoms with Crippen LogP contribution in [0.3, 0.4) is 0 Å². The monoisotopic (exact) mass is 493 g/mol. The highest BCUT2D eigenvalue weighted by atomic mass is 16.4. The van der Waals surface area contributed by atoms with Gasteiger partial charge in [-0.05, 0) is 86.4 Å². The first-order chi connectivity index (χ1) is 17.6. The minimum absolute atomic E-state index is 0.162. The number of carbonyl (C=O) groups excluding carboxylic acids is 1. The van der Waals surface area contributed by atoms with E-state index in [4.69, 9.17) is 0 Å². The Morgan fingerprint density at radius 2 is 1.84 bits per heavy atom. The third-order valence-electron chi connectivity index (χ3n) is 8.35. The second kappa shape index (κ2) is 8.30. The number of H-pyrrole nitrogens is 1. The molecule has 4 aromatic rings. The summed E-state index contributed by atoms with van der Waals surface area (Å²) in [6, 6.07) is 14.4. The van der Waals surface area contributed by atoms with Gasteiger partial charge in [-0.25, -0.2) is 4.98 Å². The molecule has 0 saturated heterocycles. The lowest BCUT2D eigenvalue weighted by Gasteiger charge is -2.24. The second-order valence-corrected chi connectivity index (χ2v) is 11.2. The van der Waals surface area contributed by atoms with Gasteiger partial charge in [-0.1, -0.05) is 30.3 Å². The smallest absolute Gasteiger partial charge is 0.313 e. The number of hydrogen-bond acceptors (Lipinski definition) is 3. The molecular weight excluding hydrogens is 462 g/mol. The molecule has 0 radical (unpaired) electrons. The van der Waals surface area contributed by atoms with Crippen LogP contribution in [0.15, 0.2) is 54.9 Å². The van der Waals surface area contributed by atoms with E-state index >= 15 is 0 Å². The molecule has 1 atom stereocenters. The molecule has 1 aliphatic heterocycles. The van der Waals surface area contributed by atoms with Gasteiger partial charge in [0.25, 0.3) is 5.91 Å². The summed E-state index contributed by atoms with van der Waals surface area (Å²) >= 11 is 0. The topological polar surface area (TPSA) is 86.3 Å². The van der Waals surface area contributed by atoms with Gasteiger partial charge in [0.15, 0.2) is 0 Å². The first-order valence-electron chi connectivity index (χ1n) is 12.9. The van der Waals surface area contributed by atoms with E-state index in [0.29, 0.717) is 12.5 Å². The Labute approximate surface area is 216 Å². The number of rotatable bonds is 6. The minimum atomic E-state index is -0.952. The van der Waals surface area contributed by atoms with Gasteiger partial charge >= 0.3 is 5.97 Å². The summed E-state index contributed by atoms with van der Waals surface area (Å²) in [6.45, 7) is 8.30. The molecule has 0 unspecified atom stereocenters. The van der Waals surface area contributed by atoms with Crippen LogP contribution in [-0.2, 0) is 16.8 Å². The number of aromatic nitrogens is 2. The fourth-order valence-electron chi connectivity index (χ4n) is 5.61. The molecule has 1 saturated carbocycles. The van der Waals surface area contributed by atoms with Crippen molar-refractivity contribution in [1.29, 1.82) is 0 Å². The first-order valence-corrected chi connectivity index (χ1v) is 12.9. The SMILES string of the molecule is Cc1cc(-c2cnc3[nH]cc(-c4ccc(C(C)(C)C(=O)O)cc4)c3c2)cc2c1C(=O)N([C@@H](C)C1CC1)C2. The maximum Gasteiger partial charge on any atom is 0.313 e. The van der Waals surface area contributed by atoms with Crippen LogP contribution >= 0.6 is 0 Å². The Balaban J connectivity index is 1.35. The van der Waals surface area contributed by atoms with Crippen LogP contribution in [0.2, 0.25) is 0 Å². The maximum absolute atomic E-state index is 13.2. The normalized spacial score (nSPS) is 16.3. The minimum Gasteiger partial charge on any atom is -0.481 e. The number of carboxylic acid groups (broad SMARTS) is 1. The number of amides is 1. The third-order valence-corrected chi connectivity index (χ3v) is 8.35. The lowest BCUT2D eigenvalue weighted by Crippen LogP contribution is -2.34. The molecule has 2 aromatic carbocycles. The summed E-state index contributed by atoms with van der Waals surface area (Å²) in [5.74, 6) is -0.0481. The average molecular weight is 494 g/mol. The average Bonchev–Trinajstić information content (AvgIpc) is 3.56. The van der Waals surface area contributed by atoms with Crippen molar-refractivity contribution in [3.63, 3.8) is 0 Å². The van der Waals surface area contributed by atoms with Crippen LogP contribution in [0.4, 0.5) is 0 Å². The number of pyridine rings is 1. The predicted octanol–water partition coefficient (Wildman–Crippen LogP) is 6.32. The zero-order chi connectivity index (χ0) is 26.1. The number of carboxylic acids is 1. The quantitative estimate of drug-likeness (QED) is 0.329. The molecule has 37 heavy (non-hydrogen) atoms. The molecule has 1 aliphatic carbocycles. The number of nitrogens with zero attached hydrogens (tertiary/aromatic N) is 2. The van der Waals surface area contributed by atoms with Gasteiger partial charge in [-0.15, -0.1) is 0 Å². The predicted molar refractivity (Wildman–Crippen MR) is 144 cm³/mol. The summed E-state index contributed by atoms with van der Waals surface area (Å²) < 4.78 is 0. The van der Waals surface area contributed by atoms with Crippen LogP contribution in [0.1, 0.15) is 60.7 Å². The summed E-state index contributed by atoms with van der Waals surface area (Å²) in [5.41, 5.74) is 7.64. The van der Waals surface area contributed by atoms with E-state index in [9.17, 15) is 14.7 Å². The number of aromatic amines is 1. The number of aryl methyl sites for hydroxylation is 1. The molecule has 1 fully saturated rings. The van der Waals surface area contributed by atoms with Crippen molar-refractivity contribution in [2.75, 3.05) is 0 Å². The number of benzene rings is 2. The van der Waals surface area contributed by atoms with Crippen molar-refractivity contribution >= 4 is 22.9 Å². The Hall–Kier alpha value is -3.93. The van der Waals surface area contributed by atoms with E-state index in [-0.39, 0.29) is 11.9 Å². The molecule has 6 heteroatoms. The number of hydrogen-bond donors (Lipinski definition) is 2. The van der Waals surface area contributed by atoms with Gasteiger partial charge in [0.2, 0.25) is 0 Å². The molecule has 6 nitrogen and oxygen atoms in total. The van der Waals surface area contributed by atoms with Crippen molar-refractivity contribution in [3.05, 3.63) is 77.1 Å². The number of aliphatic carboxylic acids is 1. The van der Waals surface area contributed by atoms with Crippen LogP contribution in [-0.4, -0.2) is 37.9 Å². The van der Waals surface area contributed by atoms with Crippen molar-refractivity contribution in [3.8, 4) is 22.3 Å². The lowest BCUT2D eigenvalue weighted by molar-refractivity contribution is -0.142. The van der Waals surface area contributed by atoms with Gasteiger partial charge in [-0.2, -0.15) is 0 Å². The van der Waals surface area contributed by atoms with E-state index < -0.39 is 11.4 Å². The molecule has 1 amide bonds. The molecule has 2 aliphatic rings. The van der Waals surface area contributed by atoms with E-state index in [1.54, 1.807) is 13.8 Å². The van der Waals surface area contributed by atoms with Crippen LogP contribution in [0, 0.1) is 12.8 Å². The summed E-state index contributed by atoms with van der Waals surface area (Å²) in [4.78, 5) is 34.8. The standard InChI is InChI=1S/C31H31N3O3/c1-17-11-21(12-23-16-34(29(35)27(17)23)18(2)19-5-6-19)22-13-25-26(15-33-28(25)32-14-22)20-7-9-24(10-8-20)31(3,4)30(36)37/h7-15,18-19H,5-6,16H2,1-4H3,(H,32,33)(H,36,37)/t18-/m0/s1. The van der Waals surface area contributed by atoms with Gasteiger partial charge in [-0.3, -0.25) is 9.59 Å². The Morgan fingerprint density at radius 3 is 2.51 bits per heavy atom. The number of fused-ring (bicyclic) bond motifs is 2. The second-order valence-electron chi connectivity index (χ2n) is 11.2. The number of nitrogens with one attached hydrogen (secondary N) is 1. The number of carbonyl (C=O) groups is 2. The molecule has 3 heterocycles. The summed E-state index contributed by atoms with van der Waals surface area (Å²) in [6.07, 6.45) is 6.26. The molecule has 2 aromatic heterocycles. The van der Waals surface area contributed by atoms with Gasteiger partial charge in [0.1, 0.15) is 5.65 Å². The lowest BCUT2D eigenvalue weighted by atomic mass is 9.84. The van der Waals surface area contributed by atoms with E-state index in [2.05, 4.69) is 35.1 Å². The molecule has 188 valence electrons. The zero-order valence-electron chi connectivity index (χ0n) is 21.6. The zero-order valence-corrected chi connectivity index (χ0v) is 21.6. The van der Waals surface area contributed by atoms with E-state index in [1.807, 2.05) is 48.5 Å². The fraction of sp³-hybridized carbons (Fsp3) is 0.323. The highest BCUT2D eigenvalue weighted by Crippen LogP contribution is 2.40. The molecule has 6 rings (SSSR count). The Bertz CT molecular complexity index is 1560. The van der Waals surface area contributed by atoms with Crippen molar-refractivity contribution < 1.29 is 14.7 Å². The van der Waals surface area contributed by atoms with Crippen molar-refractivity contribution in [2.24, 2.45) is 5.92 Å². The Morgan fingerprint density at radius 1 is 1.11 bits per heavy atom. The molecule has 2 N–H and O–H groups in total. The largest absolute Gasteiger partial charge is 0.481 e. The summed E-state index contributed by atoms with van der Waals surface area (Å²) in [7, 11) is 0. The van der Waals surface area contributed by atoms with Gasteiger partial charge in [0, 0.05) is 47.1 Å². The maximum atomic E-state index is 13.2. The van der Waals surface area contributed by atoms with E-state index in [0.717, 1.165) is 55.5 Å². The van der Waals surface area contributed by atoms with Gasteiger partial charge in [0.05, 0.1) is 5.41 Å². The molecular formula is C31H31N3O3. The summed E-state index contributed by atoms with van der Waals surface area (Å²) in [5, 5.41) is 10.6. The highest BCUT2D eigenvalue weighted by molar-refractivity contribution is 6.01. The van der Waals surface area contributed by atoms with Crippen molar-refractivity contribution in [2.45, 2.75) is 58.5 Å². The van der Waals surface area contributed by atoms with Crippen molar-refractivity contribution in [1.82, 2.24) is 14.9 Å². The molecule has 0 bridgehead atoms.